The molecule has 1 aliphatic rings. The van der Waals surface area contributed by atoms with E-state index in [1.54, 1.807) is 6.07 Å². The zero-order valence-electron chi connectivity index (χ0n) is 10.8. The molecular weight excluding hydrogens is 262 g/mol. The zero-order valence-corrected chi connectivity index (χ0v) is 11.5. The molecule has 0 bridgehead atoms. The van der Waals surface area contributed by atoms with Gasteiger partial charge in [-0.2, -0.15) is 0 Å². The molecule has 0 saturated heterocycles. The standard InChI is InChI=1S/C15H18ClNO2/c16-13-10-12(6-7-14(13)18)15(19)17-9-8-11-4-2-1-3-5-11/h4,6-7,10,18H,1-3,5,8-9H2,(H,17,19). The van der Waals surface area contributed by atoms with Crippen molar-refractivity contribution in [1.82, 2.24) is 5.32 Å². The van der Waals surface area contributed by atoms with Crippen molar-refractivity contribution in [3.8, 4) is 5.75 Å². The quantitative estimate of drug-likeness (QED) is 0.826. The van der Waals surface area contributed by atoms with Crippen LogP contribution in [0.3, 0.4) is 0 Å². The summed E-state index contributed by atoms with van der Waals surface area (Å²) in [5.41, 5.74) is 1.91. The molecule has 1 aromatic rings. The fourth-order valence-corrected chi connectivity index (χ4v) is 2.40. The Bertz CT molecular complexity index is 497. The molecule has 1 aliphatic carbocycles. The summed E-state index contributed by atoms with van der Waals surface area (Å²) in [6.45, 7) is 0.642. The van der Waals surface area contributed by atoms with E-state index in [2.05, 4.69) is 11.4 Å². The Morgan fingerprint density at radius 3 is 2.89 bits per heavy atom. The van der Waals surface area contributed by atoms with E-state index < -0.39 is 0 Å². The third-order valence-electron chi connectivity index (χ3n) is 3.33. The number of aromatic hydroxyl groups is 1. The van der Waals surface area contributed by atoms with Crippen LogP contribution in [-0.4, -0.2) is 17.6 Å². The predicted octanol–water partition coefficient (Wildman–Crippen LogP) is 3.67. The normalized spacial score (nSPS) is 14.9. The molecule has 0 spiro atoms. The van der Waals surface area contributed by atoms with Gasteiger partial charge in [0.25, 0.3) is 5.91 Å². The van der Waals surface area contributed by atoms with Crippen LogP contribution in [0, 0.1) is 0 Å². The summed E-state index contributed by atoms with van der Waals surface area (Å²) in [7, 11) is 0. The van der Waals surface area contributed by atoms with Gasteiger partial charge in [0.15, 0.2) is 0 Å². The molecule has 0 fully saturated rings. The van der Waals surface area contributed by atoms with Crippen molar-refractivity contribution in [2.24, 2.45) is 0 Å². The average Bonchev–Trinajstić information content (AvgIpc) is 2.43. The van der Waals surface area contributed by atoms with Crippen LogP contribution in [0.5, 0.6) is 5.75 Å². The van der Waals surface area contributed by atoms with Crippen LogP contribution in [0.2, 0.25) is 5.02 Å². The molecule has 0 unspecified atom stereocenters. The molecule has 0 aromatic heterocycles. The maximum Gasteiger partial charge on any atom is 0.251 e. The highest BCUT2D eigenvalue weighted by atomic mass is 35.5. The molecule has 1 amide bonds. The molecule has 19 heavy (non-hydrogen) atoms. The Kier molecular flexibility index (Phi) is 4.86. The summed E-state index contributed by atoms with van der Waals surface area (Å²) in [6.07, 6.45) is 8.05. The van der Waals surface area contributed by atoms with E-state index in [0.717, 1.165) is 19.3 Å². The number of allylic oxidation sites excluding steroid dienone is 1. The van der Waals surface area contributed by atoms with Crippen molar-refractivity contribution < 1.29 is 9.90 Å². The summed E-state index contributed by atoms with van der Waals surface area (Å²) in [5.74, 6) is -0.163. The number of hydrogen-bond donors (Lipinski definition) is 2. The van der Waals surface area contributed by atoms with Crippen LogP contribution < -0.4 is 5.32 Å². The lowest BCUT2D eigenvalue weighted by Crippen LogP contribution is -2.24. The molecule has 4 heteroatoms. The molecule has 0 radical (unpaired) electrons. The van der Waals surface area contributed by atoms with E-state index in [1.165, 1.54) is 30.5 Å². The number of hydrogen-bond acceptors (Lipinski definition) is 2. The fraction of sp³-hybridized carbons (Fsp3) is 0.400. The SMILES string of the molecule is O=C(NCCC1=CCCCC1)c1ccc(O)c(Cl)c1. The van der Waals surface area contributed by atoms with Gasteiger partial charge in [-0.25, -0.2) is 0 Å². The van der Waals surface area contributed by atoms with Gasteiger partial charge < -0.3 is 10.4 Å². The molecule has 0 aliphatic heterocycles. The van der Waals surface area contributed by atoms with Gasteiger partial charge in [0.2, 0.25) is 0 Å². The third-order valence-corrected chi connectivity index (χ3v) is 3.63. The first-order valence-electron chi connectivity index (χ1n) is 6.61. The number of amides is 1. The largest absolute Gasteiger partial charge is 0.506 e. The molecule has 0 atom stereocenters. The molecular formula is C15H18ClNO2. The van der Waals surface area contributed by atoms with Gasteiger partial charge in [-0.3, -0.25) is 4.79 Å². The van der Waals surface area contributed by atoms with Gasteiger partial charge in [0.1, 0.15) is 5.75 Å². The fourth-order valence-electron chi connectivity index (χ4n) is 2.22. The number of halogens is 1. The maximum atomic E-state index is 11.9. The molecule has 2 N–H and O–H groups in total. The second-order valence-corrected chi connectivity index (χ2v) is 5.19. The lowest BCUT2D eigenvalue weighted by atomic mass is 9.97. The molecule has 1 aromatic carbocycles. The van der Waals surface area contributed by atoms with Crippen molar-refractivity contribution in [1.29, 1.82) is 0 Å². The summed E-state index contributed by atoms with van der Waals surface area (Å²) >= 11 is 5.77. The van der Waals surface area contributed by atoms with Crippen LogP contribution in [0.15, 0.2) is 29.8 Å². The minimum atomic E-state index is -0.154. The van der Waals surface area contributed by atoms with Crippen LogP contribution in [0.1, 0.15) is 42.5 Å². The third kappa shape index (κ3) is 4.00. The van der Waals surface area contributed by atoms with Crippen molar-refractivity contribution in [3.63, 3.8) is 0 Å². The van der Waals surface area contributed by atoms with E-state index in [9.17, 15) is 9.90 Å². The van der Waals surface area contributed by atoms with Crippen LogP contribution >= 0.6 is 11.6 Å². The van der Waals surface area contributed by atoms with Crippen LogP contribution in [-0.2, 0) is 0 Å². The first-order chi connectivity index (χ1) is 9.16. The maximum absolute atomic E-state index is 11.9. The molecule has 2 rings (SSSR count). The smallest absolute Gasteiger partial charge is 0.251 e. The minimum Gasteiger partial charge on any atom is -0.506 e. The van der Waals surface area contributed by atoms with Gasteiger partial charge in [0, 0.05) is 12.1 Å². The summed E-state index contributed by atoms with van der Waals surface area (Å²) in [4.78, 5) is 11.9. The Hall–Kier alpha value is -1.48. The second kappa shape index (κ2) is 6.62. The zero-order chi connectivity index (χ0) is 13.7. The average molecular weight is 280 g/mol. The highest BCUT2D eigenvalue weighted by Gasteiger charge is 2.09. The second-order valence-electron chi connectivity index (χ2n) is 4.78. The summed E-state index contributed by atoms with van der Waals surface area (Å²) in [5, 5.41) is 12.4. The lowest BCUT2D eigenvalue weighted by molar-refractivity contribution is 0.0954. The number of carbonyl (C=O) groups is 1. The predicted molar refractivity (Wildman–Crippen MR) is 76.6 cm³/mol. The minimum absolute atomic E-state index is 0.00872. The van der Waals surface area contributed by atoms with E-state index in [-0.39, 0.29) is 16.7 Å². The number of phenols is 1. The van der Waals surface area contributed by atoms with Crippen molar-refractivity contribution in [3.05, 3.63) is 40.4 Å². The number of rotatable bonds is 4. The highest BCUT2D eigenvalue weighted by molar-refractivity contribution is 6.32. The van der Waals surface area contributed by atoms with E-state index in [4.69, 9.17) is 11.6 Å². The molecule has 3 nitrogen and oxygen atoms in total. The van der Waals surface area contributed by atoms with Crippen LogP contribution in [0.25, 0.3) is 0 Å². The molecule has 0 heterocycles. The van der Waals surface area contributed by atoms with Gasteiger partial charge in [-0.05, 0) is 50.3 Å². The molecule has 102 valence electrons. The monoisotopic (exact) mass is 279 g/mol. The van der Waals surface area contributed by atoms with Gasteiger partial charge in [-0.15, -0.1) is 0 Å². The Labute approximate surface area is 118 Å². The highest BCUT2D eigenvalue weighted by Crippen LogP contribution is 2.23. The first kappa shape index (κ1) is 13.9. The lowest BCUT2D eigenvalue weighted by Gasteiger charge is -2.13. The van der Waals surface area contributed by atoms with Crippen molar-refractivity contribution in [2.45, 2.75) is 32.1 Å². The molecule has 0 saturated carbocycles. The van der Waals surface area contributed by atoms with Gasteiger partial charge in [0.05, 0.1) is 5.02 Å². The van der Waals surface area contributed by atoms with E-state index in [0.29, 0.717) is 12.1 Å². The Balaban J connectivity index is 1.83. The number of carbonyl (C=O) groups excluding carboxylic acids is 1. The Morgan fingerprint density at radius 2 is 2.21 bits per heavy atom. The topological polar surface area (TPSA) is 49.3 Å². The Morgan fingerprint density at radius 1 is 1.37 bits per heavy atom. The van der Waals surface area contributed by atoms with Crippen molar-refractivity contribution in [2.75, 3.05) is 6.54 Å². The summed E-state index contributed by atoms with van der Waals surface area (Å²) < 4.78 is 0. The van der Waals surface area contributed by atoms with Gasteiger partial charge in [-0.1, -0.05) is 23.3 Å². The number of nitrogens with one attached hydrogen (secondary N) is 1. The first-order valence-corrected chi connectivity index (χ1v) is 6.99. The van der Waals surface area contributed by atoms with Gasteiger partial charge >= 0.3 is 0 Å². The number of phenolic OH excluding ortho intramolecular Hbond substituents is 1. The van der Waals surface area contributed by atoms with Crippen LogP contribution in [0.4, 0.5) is 0 Å². The van der Waals surface area contributed by atoms with E-state index in [1.807, 2.05) is 0 Å². The number of benzene rings is 1. The van der Waals surface area contributed by atoms with Crippen molar-refractivity contribution >= 4 is 17.5 Å². The van der Waals surface area contributed by atoms with E-state index >= 15 is 0 Å². The summed E-state index contributed by atoms with van der Waals surface area (Å²) in [6, 6.07) is 4.48.